The Balaban J connectivity index is 2.22. The standard InChI is InChI=1S/C12H12BrN3O/c1-8-5-6-14-12(11(8)13)16-9-3-4-10(17-2)15-7-9/h3-7H,1-2H3,(H,14,16). The summed E-state index contributed by atoms with van der Waals surface area (Å²) in [7, 11) is 1.59. The molecule has 17 heavy (non-hydrogen) atoms. The molecule has 0 fully saturated rings. The molecule has 0 atom stereocenters. The number of aryl methyl sites for hydroxylation is 1. The van der Waals surface area contributed by atoms with Gasteiger partial charge in [-0.25, -0.2) is 9.97 Å². The molecule has 0 aliphatic rings. The molecule has 2 aromatic heterocycles. The van der Waals surface area contributed by atoms with Gasteiger partial charge in [0.15, 0.2) is 0 Å². The molecule has 2 rings (SSSR count). The highest BCUT2D eigenvalue weighted by atomic mass is 79.9. The second-order valence-electron chi connectivity index (χ2n) is 3.50. The van der Waals surface area contributed by atoms with Crippen LogP contribution in [-0.2, 0) is 0 Å². The molecule has 88 valence electrons. The number of ether oxygens (including phenoxy) is 1. The number of rotatable bonds is 3. The predicted octanol–water partition coefficient (Wildman–Crippen LogP) is 3.30. The maximum Gasteiger partial charge on any atom is 0.213 e. The first kappa shape index (κ1) is 11.9. The Morgan fingerprint density at radius 1 is 1.24 bits per heavy atom. The molecule has 0 aliphatic heterocycles. The van der Waals surface area contributed by atoms with Crippen LogP contribution in [0.5, 0.6) is 5.88 Å². The van der Waals surface area contributed by atoms with Crippen molar-refractivity contribution in [2.45, 2.75) is 6.92 Å². The van der Waals surface area contributed by atoms with Crippen LogP contribution in [0.3, 0.4) is 0 Å². The van der Waals surface area contributed by atoms with Crippen molar-refractivity contribution in [1.29, 1.82) is 0 Å². The number of methoxy groups -OCH3 is 1. The van der Waals surface area contributed by atoms with Crippen molar-refractivity contribution in [2.24, 2.45) is 0 Å². The fourth-order valence-electron chi connectivity index (χ4n) is 1.34. The van der Waals surface area contributed by atoms with Crippen LogP contribution in [0.2, 0.25) is 0 Å². The average Bonchev–Trinajstić information content (AvgIpc) is 2.36. The number of halogens is 1. The molecule has 0 amide bonds. The first-order chi connectivity index (χ1) is 8.20. The van der Waals surface area contributed by atoms with E-state index < -0.39 is 0 Å². The molecular formula is C12H12BrN3O. The van der Waals surface area contributed by atoms with E-state index in [4.69, 9.17) is 4.74 Å². The van der Waals surface area contributed by atoms with Gasteiger partial charge in [0.1, 0.15) is 5.82 Å². The topological polar surface area (TPSA) is 47.0 Å². The Hall–Kier alpha value is -1.62. The van der Waals surface area contributed by atoms with Crippen molar-refractivity contribution in [3.8, 4) is 5.88 Å². The minimum absolute atomic E-state index is 0.590. The maximum atomic E-state index is 5.00. The molecule has 5 heteroatoms. The summed E-state index contributed by atoms with van der Waals surface area (Å²) >= 11 is 3.50. The highest BCUT2D eigenvalue weighted by Gasteiger charge is 2.04. The fourth-order valence-corrected chi connectivity index (χ4v) is 1.67. The van der Waals surface area contributed by atoms with Crippen LogP contribution in [0.25, 0.3) is 0 Å². The van der Waals surface area contributed by atoms with Crippen LogP contribution in [0.15, 0.2) is 35.1 Å². The molecular weight excluding hydrogens is 282 g/mol. The van der Waals surface area contributed by atoms with E-state index in [1.807, 2.05) is 19.1 Å². The molecule has 0 saturated carbocycles. The first-order valence-electron chi connectivity index (χ1n) is 5.09. The van der Waals surface area contributed by atoms with Crippen molar-refractivity contribution in [3.05, 3.63) is 40.6 Å². The average molecular weight is 294 g/mol. The van der Waals surface area contributed by atoms with E-state index in [0.717, 1.165) is 21.5 Å². The number of nitrogens with one attached hydrogen (secondary N) is 1. The van der Waals surface area contributed by atoms with Crippen molar-refractivity contribution < 1.29 is 4.74 Å². The quantitative estimate of drug-likeness (QED) is 0.943. The van der Waals surface area contributed by atoms with Gasteiger partial charge < -0.3 is 10.1 Å². The minimum atomic E-state index is 0.590. The number of aromatic nitrogens is 2. The van der Waals surface area contributed by atoms with E-state index in [2.05, 4.69) is 31.2 Å². The summed E-state index contributed by atoms with van der Waals surface area (Å²) in [6, 6.07) is 5.63. The number of anilines is 2. The molecule has 4 nitrogen and oxygen atoms in total. The van der Waals surface area contributed by atoms with E-state index in [-0.39, 0.29) is 0 Å². The van der Waals surface area contributed by atoms with Gasteiger partial charge in [0.25, 0.3) is 0 Å². The van der Waals surface area contributed by atoms with Crippen molar-refractivity contribution in [1.82, 2.24) is 9.97 Å². The summed E-state index contributed by atoms with van der Waals surface area (Å²) in [4.78, 5) is 8.38. The van der Waals surface area contributed by atoms with Gasteiger partial charge >= 0.3 is 0 Å². The Kier molecular flexibility index (Phi) is 3.58. The zero-order chi connectivity index (χ0) is 12.3. The first-order valence-corrected chi connectivity index (χ1v) is 5.88. The highest BCUT2D eigenvalue weighted by Crippen LogP contribution is 2.26. The molecule has 0 aliphatic carbocycles. The summed E-state index contributed by atoms with van der Waals surface area (Å²) in [5.74, 6) is 1.36. The zero-order valence-electron chi connectivity index (χ0n) is 9.57. The molecule has 0 bridgehead atoms. The second kappa shape index (κ2) is 5.14. The largest absolute Gasteiger partial charge is 0.481 e. The van der Waals surface area contributed by atoms with Gasteiger partial charge in [-0.1, -0.05) is 0 Å². The van der Waals surface area contributed by atoms with Gasteiger partial charge in [-0.2, -0.15) is 0 Å². The maximum absolute atomic E-state index is 5.00. The van der Waals surface area contributed by atoms with Crippen LogP contribution in [-0.4, -0.2) is 17.1 Å². The summed E-state index contributed by atoms with van der Waals surface area (Å²) in [6.07, 6.45) is 3.47. The van der Waals surface area contributed by atoms with Crippen LogP contribution in [0, 0.1) is 6.92 Å². The molecule has 0 spiro atoms. The number of pyridine rings is 2. The van der Waals surface area contributed by atoms with Crippen molar-refractivity contribution >= 4 is 27.4 Å². The Bertz CT molecular complexity index is 514. The molecule has 1 N–H and O–H groups in total. The summed E-state index contributed by atoms with van der Waals surface area (Å²) < 4.78 is 5.95. The molecule has 0 radical (unpaired) electrons. The highest BCUT2D eigenvalue weighted by molar-refractivity contribution is 9.10. The number of nitrogens with zero attached hydrogens (tertiary/aromatic N) is 2. The van der Waals surface area contributed by atoms with Crippen molar-refractivity contribution in [3.63, 3.8) is 0 Å². The van der Waals surface area contributed by atoms with Crippen LogP contribution in [0.4, 0.5) is 11.5 Å². The monoisotopic (exact) mass is 293 g/mol. The van der Waals surface area contributed by atoms with Gasteiger partial charge in [-0.3, -0.25) is 0 Å². The lowest BCUT2D eigenvalue weighted by Crippen LogP contribution is -1.96. The lowest BCUT2D eigenvalue weighted by Gasteiger charge is -2.09. The minimum Gasteiger partial charge on any atom is -0.481 e. The molecule has 0 saturated heterocycles. The Morgan fingerprint density at radius 3 is 2.71 bits per heavy atom. The SMILES string of the molecule is COc1ccc(Nc2nccc(C)c2Br)cn1. The fraction of sp³-hybridized carbons (Fsp3) is 0.167. The summed E-state index contributed by atoms with van der Waals surface area (Å²) in [6.45, 7) is 2.02. The lowest BCUT2D eigenvalue weighted by atomic mass is 10.3. The smallest absolute Gasteiger partial charge is 0.213 e. The number of hydrogen-bond donors (Lipinski definition) is 1. The molecule has 0 unspecified atom stereocenters. The summed E-state index contributed by atoms with van der Waals surface area (Å²) in [5, 5.41) is 3.19. The zero-order valence-corrected chi connectivity index (χ0v) is 11.2. The second-order valence-corrected chi connectivity index (χ2v) is 4.30. The van der Waals surface area contributed by atoms with Crippen LogP contribution < -0.4 is 10.1 Å². The van der Waals surface area contributed by atoms with E-state index in [1.54, 1.807) is 25.6 Å². The number of hydrogen-bond acceptors (Lipinski definition) is 4. The van der Waals surface area contributed by atoms with E-state index in [1.165, 1.54) is 0 Å². The normalized spacial score (nSPS) is 10.1. The van der Waals surface area contributed by atoms with Gasteiger partial charge in [-0.15, -0.1) is 0 Å². The van der Waals surface area contributed by atoms with Gasteiger partial charge in [0, 0.05) is 12.3 Å². The molecule has 2 heterocycles. The van der Waals surface area contributed by atoms with E-state index in [0.29, 0.717) is 5.88 Å². The predicted molar refractivity (Wildman–Crippen MR) is 70.7 cm³/mol. The third kappa shape index (κ3) is 2.74. The Labute approximate surface area is 108 Å². The third-order valence-electron chi connectivity index (χ3n) is 2.29. The van der Waals surface area contributed by atoms with E-state index in [9.17, 15) is 0 Å². The van der Waals surface area contributed by atoms with Crippen LogP contribution in [0.1, 0.15) is 5.56 Å². The van der Waals surface area contributed by atoms with Crippen molar-refractivity contribution in [2.75, 3.05) is 12.4 Å². The van der Waals surface area contributed by atoms with Crippen LogP contribution >= 0.6 is 15.9 Å². The summed E-state index contributed by atoms with van der Waals surface area (Å²) in [5.41, 5.74) is 1.99. The van der Waals surface area contributed by atoms with E-state index >= 15 is 0 Å². The lowest BCUT2D eigenvalue weighted by molar-refractivity contribution is 0.398. The Morgan fingerprint density at radius 2 is 2.06 bits per heavy atom. The molecule has 2 aromatic rings. The van der Waals surface area contributed by atoms with Gasteiger partial charge in [0.05, 0.1) is 23.5 Å². The van der Waals surface area contributed by atoms with Gasteiger partial charge in [-0.05, 0) is 40.5 Å². The van der Waals surface area contributed by atoms with Gasteiger partial charge in [0.2, 0.25) is 5.88 Å². The third-order valence-corrected chi connectivity index (χ3v) is 3.29. The molecule has 0 aromatic carbocycles.